The fraction of sp³-hybridized carbons (Fsp3) is 0.308. The molecular weight excluding hydrogens is 252 g/mol. The zero-order valence-electron chi connectivity index (χ0n) is 8.72. The Labute approximate surface area is 98.3 Å². The normalized spacial score (nSPS) is 14.4. The van der Waals surface area contributed by atoms with Crippen molar-refractivity contribution in [3.63, 3.8) is 0 Å². The molecule has 0 saturated carbocycles. The predicted octanol–water partition coefficient (Wildman–Crippen LogP) is 3.61. The number of carbonyl (C=O) groups is 1. The molecule has 0 radical (unpaired) electrons. The summed E-state index contributed by atoms with van der Waals surface area (Å²) in [4.78, 5) is 11.5. The summed E-state index contributed by atoms with van der Waals surface area (Å²) in [6.07, 6.45) is 4.40. The molecule has 0 aliphatic heterocycles. The average molecular weight is 265 g/mol. The van der Waals surface area contributed by atoms with Crippen LogP contribution in [-0.2, 0) is 6.42 Å². The molecule has 0 atom stereocenters. The molecule has 1 aliphatic carbocycles. The van der Waals surface area contributed by atoms with Gasteiger partial charge in [-0.2, -0.15) is 0 Å². The lowest BCUT2D eigenvalue weighted by Gasteiger charge is -2.15. The van der Waals surface area contributed by atoms with Gasteiger partial charge in [-0.1, -0.05) is 34.1 Å². The third-order valence-electron chi connectivity index (χ3n) is 2.84. The van der Waals surface area contributed by atoms with Gasteiger partial charge in [0.1, 0.15) is 0 Å². The first-order chi connectivity index (χ1) is 7.22. The van der Waals surface area contributed by atoms with E-state index < -0.39 is 0 Å². The van der Waals surface area contributed by atoms with Crippen LogP contribution in [0.1, 0.15) is 34.8 Å². The van der Waals surface area contributed by atoms with E-state index >= 15 is 0 Å². The molecule has 0 unspecified atom stereocenters. The molecule has 1 nitrogen and oxygen atoms in total. The Hall–Kier alpha value is -0.890. The largest absolute Gasteiger partial charge is 0.293 e. The Morgan fingerprint density at radius 1 is 1.47 bits per heavy atom. The second-order valence-corrected chi connectivity index (χ2v) is 4.42. The highest BCUT2D eigenvalue weighted by Gasteiger charge is 2.12. The number of rotatable bonds is 2. The standard InChI is InChI=1S/C13H13BrO/c1-9-3-2-4-10-7-11(13(15)8-14)5-6-12(9)10/h3,5-7H,2,4,8H2,1H3. The number of fused-ring (bicyclic) bond motifs is 1. The van der Waals surface area contributed by atoms with Crippen LogP contribution in [0, 0.1) is 0 Å². The van der Waals surface area contributed by atoms with Crippen LogP contribution in [0.15, 0.2) is 24.3 Å². The van der Waals surface area contributed by atoms with Gasteiger partial charge in [-0.05, 0) is 42.5 Å². The Kier molecular flexibility index (Phi) is 3.06. The van der Waals surface area contributed by atoms with Gasteiger partial charge in [0.15, 0.2) is 5.78 Å². The van der Waals surface area contributed by atoms with Gasteiger partial charge < -0.3 is 0 Å². The maximum Gasteiger partial charge on any atom is 0.173 e. The summed E-state index contributed by atoms with van der Waals surface area (Å²) >= 11 is 3.20. The summed E-state index contributed by atoms with van der Waals surface area (Å²) < 4.78 is 0. The molecule has 0 bridgehead atoms. The number of hydrogen-bond donors (Lipinski definition) is 0. The molecular formula is C13H13BrO. The van der Waals surface area contributed by atoms with Crippen molar-refractivity contribution in [3.8, 4) is 0 Å². The molecule has 0 fully saturated rings. The Morgan fingerprint density at radius 2 is 2.27 bits per heavy atom. The molecule has 1 aromatic rings. The van der Waals surface area contributed by atoms with E-state index in [1.165, 1.54) is 16.7 Å². The second-order valence-electron chi connectivity index (χ2n) is 3.85. The first kappa shape index (κ1) is 10.6. The van der Waals surface area contributed by atoms with Crippen LogP contribution in [0.25, 0.3) is 5.57 Å². The van der Waals surface area contributed by atoms with Gasteiger partial charge in [-0.25, -0.2) is 0 Å². The van der Waals surface area contributed by atoms with E-state index in [0.29, 0.717) is 5.33 Å². The fourth-order valence-corrected chi connectivity index (χ4v) is 2.31. The quantitative estimate of drug-likeness (QED) is 0.589. The number of allylic oxidation sites excluding steroid dienone is 2. The average Bonchev–Trinajstić information content (AvgIpc) is 2.28. The van der Waals surface area contributed by atoms with Gasteiger partial charge in [-0.15, -0.1) is 0 Å². The number of carbonyl (C=O) groups excluding carboxylic acids is 1. The fourth-order valence-electron chi connectivity index (χ4n) is 1.99. The molecule has 0 N–H and O–H groups in total. The molecule has 0 amide bonds. The van der Waals surface area contributed by atoms with Crippen molar-refractivity contribution in [3.05, 3.63) is 41.0 Å². The van der Waals surface area contributed by atoms with Crippen LogP contribution in [0.5, 0.6) is 0 Å². The SMILES string of the molecule is CC1=CCCc2cc(C(=O)CBr)ccc21. The monoisotopic (exact) mass is 264 g/mol. The highest BCUT2D eigenvalue weighted by molar-refractivity contribution is 9.09. The van der Waals surface area contributed by atoms with Crippen molar-refractivity contribution in [2.45, 2.75) is 19.8 Å². The van der Waals surface area contributed by atoms with E-state index in [0.717, 1.165) is 18.4 Å². The Morgan fingerprint density at radius 3 is 3.00 bits per heavy atom. The van der Waals surface area contributed by atoms with Gasteiger partial charge in [0.05, 0.1) is 5.33 Å². The summed E-state index contributed by atoms with van der Waals surface area (Å²) in [5.41, 5.74) is 4.75. The molecule has 2 heteroatoms. The predicted molar refractivity (Wildman–Crippen MR) is 66.5 cm³/mol. The summed E-state index contributed by atoms with van der Waals surface area (Å²) in [7, 11) is 0. The van der Waals surface area contributed by atoms with Crippen LogP contribution in [-0.4, -0.2) is 11.1 Å². The summed E-state index contributed by atoms with van der Waals surface area (Å²) in [5.74, 6) is 0.157. The second kappa shape index (κ2) is 4.31. The number of benzene rings is 1. The topological polar surface area (TPSA) is 17.1 Å². The maximum atomic E-state index is 11.5. The van der Waals surface area contributed by atoms with E-state index in [9.17, 15) is 4.79 Å². The molecule has 0 aromatic heterocycles. The smallest absolute Gasteiger partial charge is 0.173 e. The van der Waals surface area contributed by atoms with E-state index in [1.54, 1.807) is 0 Å². The van der Waals surface area contributed by atoms with E-state index in [4.69, 9.17) is 0 Å². The third kappa shape index (κ3) is 2.05. The summed E-state index contributed by atoms with van der Waals surface area (Å²) in [6.45, 7) is 2.13. The molecule has 0 saturated heterocycles. The molecule has 1 aliphatic rings. The summed E-state index contributed by atoms with van der Waals surface area (Å²) in [5, 5.41) is 0.403. The van der Waals surface area contributed by atoms with E-state index in [-0.39, 0.29) is 5.78 Å². The lowest BCUT2D eigenvalue weighted by Crippen LogP contribution is -2.04. The summed E-state index contributed by atoms with van der Waals surface area (Å²) in [6, 6.07) is 6.02. The van der Waals surface area contributed by atoms with Crippen LogP contribution >= 0.6 is 15.9 Å². The van der Waals surface area contributed by atoms with Crippen LogP contribution in [0.4, 0.5) is 0 Å². The minimum Gasteiger partial charge on any atom is -0.293 e. The zero-order chi connectivity index (χ0) is 10.8. The van der Waals surface area contributed by atoms with Gasteiger partial charge in [0.25, 0.3) is 0 Å². The lowest BCUT2D eigenvalue weighted by atomic mass is 9.90. The Balaban J connectivity index is 2.43. The van der Waals surface area contributed by atoms with Crippen molar-refractivity contribution in [1.29, 1.82) is 0 Å². The number of halogens is 1. The maximum absolute atomic E-state index is 11.5. The van der Waals surface area contributed by atoms with Crippen molar-refractivity contribution >= 4 is 27.3 Å². The molecule has 0 heterocycles. The van der Waals surface area contributed by atoms with Crippen LogP contribution < -0.4 is 0 Å². The van der Waals surface area contributed by atoms with Gasteiger partial charge in [0.2, 0.25) is 0 Å². The Bertz CT molecular complexity index is 432. The zero-order valence-corrected chi connectivity index (χ0v) is 10.3. The van der Waals surface area contributed by atoms with Gasteiger partial charge >= 0.3 is 0 Å². The van der Waals surface area contributed by atoms with Crippen molar-refractivity contribution in [1.82, 2.24) is 0 Å². The molecule has 0 spiro atoms. The van der Waals surface area contributed by atoms with Gasteiger partial charge in [0, 0.05) is 5.56 Å². The highest BCUT2D eigenvalue weighted by Crippen LogP contribution is 2.26. The third-order valence-corrected chi connectivity index (χ3v) is 3.35. The number of hydrogen-bond acceptors (Lipinski definition) is 1. The first-order valence-electron chi connectivity index (χ1n) is 5.11. The number of alkyl halides is 1. The minimum absolute atomic E-state index is 0.157. The number of aryl methyl sites for hydroxylation is 1. The number of ketones is 1. The number of Topliss-reactive ketones (excluding diaryl/α,β-unsaturated/α-hetero) is 1. The van der Waals surface area contributed by atoms with Gasteiger partial charge in [-0.3, -0.25) is 4.79 Å². The molecule has 15 heavy (non-hydrogen) atoms. The van der Waals surface area contributed by atoms with Crippen molar-refractivity contribution in [2.24, 2.45) is 0 Å². The highest BCUT2D eigenvalue weighted by atomic mass is 79.9. The van der Waals surface area contributed by atoms with E-state index in [2.05, 4.69) is 35.0 Å². The van der Waals surface area contributed by atoms with E-state index in [1.807, 2.05) is 12.1 Å². The van der Waals surface area contributed by atoms with Crippen molar-refractivity contribution in [2.75, 3.05) is 5.33 Å². The molecule has 1 aromatic carbocycles. The van der Waals surface area contributed by atoms with Crippen molar-refractivity contribution < 1.29 is 4.79 Å². The molecule has 2 rings (SSSR count). The lowest BCUT2D eigenvalue weighted by molar-refractivity contribution is 0.102. The molecule has 78 valence electrons. The van der Waals surface area contributed by atoms with Crippen LogP contribution in [0.2, 0.25) is 0 Å². The van der Waals surface area contributed by atoms with Crippen LogP contribution in [0.3, 0.4) is 0 Å². The first-order valence-corrected chi connectivity index (χ1v) is 6.23. The minimum atomic E-state index is 0.157.